The van der Waals surface area contributed by atoms with Crippen LogP contribution in [0.15, 0.2) is 24.3 Å². The Morgan fingerprint density at radius 3 is 2.78 bits per heavy atom. The van der Waals surface area contributed by atoms with E-state index in [0.29, 0.717) is 6.10 Å². The van der Waals surface area contributed by atoms with Crippen molar-refractivity contribution in [2.45, 2.75) is 44.3 Å². The van der Waals surface area contributed by atoms with Crippen molar-refractivity contribution >= 4 is 0 Å². The van der Waals surface area contributed by atoms with Gasteiger partial charge in [0, 0.05) is 6.61 Å². The van der Waals surface area contributed by atoms with Crippen molar-refractivity contribution < 1.29 is 14.6 Å². The number of ether oxygens (including phenoxy) is 2. The van der Waals surface area contributed by atoms with E-state index in [1.165, 1.54) is 12.8 Å². The topological polar surface area (TPSA) is 38.7 Å². The zero-order chi connectivity index (χ0) is 12.8. The Hall–Kier alpha value is -1.06. The molecular formula is C15H22O3. The fraction of sp³-hybridized carbons (Fsp3) is 0.600. The van der Waals surface area contributed by atoms with Crippen molar-refractivity contribution in [3.8, 4) is 5.75 Å². The number of benzene rings is 1. The van der Waals surface area contributed by atoms with Gasteiger partial charge in [-0.25, -0.2) is 0 Å². The van der Waals surface area contributed by atoms with Gasteiger partial charge in [-0.3, -0.25) is 0 Å². The summed E-state index contributed by atoms with van der Waals surface area (Å²) < 4.78 is 10.7. The van der Waals surface area contributed by atoms with Gasteiger partial charge in [-0.15, -0.1) is 0 Å². The molecule has 0 spiro atoms. The molecule has 1 aromatic carbocycles. The first kappa shape index (κ1) is 13.4. The molecule has 2 rings (SSSR count). The average Bonchev–Trinajstić information content (AvgIpc) is 2.92. The second-order valence-corrected chi connectivity index (χ2v) is 4.85. The molecule has 0 aromatic heterocycles. The van der Waals surface area contributed by atoms with E-state index in [1.807, 2.05) is 24.3 Å². The zero-order valence-corrected chi connectivity index (χ0v) is 11.0. The summed E-state index contributed by atoms with van der Waals surface area (Å²) in [4.78, 5) is 0. The molecule has 0 radical (unpaired) electrons. The van der Waals surface area contributed by atoms with E-state index in [-0.39, 0.29) is 6.10 Å². The van der Waals surface area contributed by atoms with Crippen LogP contribution < -0.4 is 4.74 Å². The first-order valence-electron chi connectivity index (χ1n) is 6.73. The van der Waals surface area contributed by atoms with Crippen molar-refractivity contribution in [3.05, 3.63) is 29.8 Å². The van der Waals surface area contributed by atoms with E-state index in [2.05, 4.69) is 0 Å². The predicted octanol–water partition coefficient (Wildman–Crippen LogP) is 3.08. The van der Waals surface area contributed by atoms with Crippen LogP contribution in [0.3, 0.4) is 0 Å². The number of aliphatic hydroxyl groups is 1. The normalized spacial score (nSPS) is 20.9. The number of hydrogen-bond donors (Lipinski definition) is 1. The quantitative estimate of drug-likeness (QED) is 0.843. The van der Waals surface area contributed by atoms with Gasteiger partial charge in [0.2, 0.25) is 0 Å². The molecule has 0 bridgehead atoms. The lowest BCUT2D eigenvalue weighted by Crippen LogP contribution is -2.06. The molecule has 0 saturated carbocycles. The van der Waals surface area contributed by atoms with Gasteiger partial charge < -0.3 is 14.6 Å². The van der Waals surface area contributed by atoms with Gasteiger partial charge in [0.15, 0.2) is 0 Å². The highest BCUT2D eigenvalue weighted by Gasteiger charge is 2.16. The summed E-state index contributed by atoms with van der Waals surface area (Å²) in [5.74, 6) is 0.824. The van der Waals surface area contributed by atoms with E-state index in [0.717, 1.165) is 37.2 Å². The van der Waals surface area contributed by atoms with Crippen molar-refractivity contribution in [2.24, 2.45) is 0 Å². The van der Waals surface area contributed by atoms with Gasteiger partial charge in [0.25, 0.3) is 0 Å². The molecule has 18 heavy (non-hydrogen) atoms. The van der Waals surface area contributed by atoms with Gasteiger partial charge in [-0.2, -0.15) is 0 Å². The molecule has 0 amide bonds. The number of rotatable bonds is 6. The number of aliphatic hydroxyl groups excluding tert-OH is 1. The summed E-state index contributed by atoms with van der Waals surface area (Å²) in [6.45, 7) is 0.908. The molecule has 3 nitrogen and oxygen atoms in total. The van der Waals surface area contributed by atoms with Crippen LogP contribution in [0.2, 0.25) is 0 Å². The minimum Gasteiger partial charge on any atom is -0.497 e. The van der Waals surface area contributed by atoms with Gasteiger partial charge in [-0.1, -0.05) is 12.1 Å². The summed E-state index contributed by atoms with van der Waals surface area (Å²) in [6.07, 6.45) is 5.28. The van der Waals surface area contributed by atoms with E-state index < -0.39 is 0 Å². The zero-order valence-electron chi connectivity index (χ0n) is 11.0. The molecule has 3 heteroatoms. The van der Waals surface area contributed by atoms with Gasteiger partial charge in [0.05, 0.1) is 19.3 Å². The fourth-order valence-electron chi connectivity index (χ4n) is 2.40. The number of hydrogen-bond acceptors (Lipinski definition) is 3. The molecule has 1 aliphatic heterocycles. The third-order valence-electron chi connectivity index (χ3n) is 3.53. The summed E-state index contributed by atoms with van der Waals surface area (Å²) in [7, 11) is 1.65. The van der Waals surface area contributed by atoms with Gasteiger partial charge >= 0.3 is 0 Å². The minimum absolute atomic E-state index is 0.377. The second-order valence-electron chi connectivity index (χ2n) is 4.85. The number of methoxy groups -OCH3 is 1. The van der Waals surface area contributed by atoms with E-state index in [1.54, 1.807) is 7.11 Å². The molecule has 1 aromatic rings. The molecule has 1 heterocycles. The monoisotopic (exact) mass is 250 g/mol. The molecule has 2 unspecified atom stereocenters. The van der Waals surface area contributed by atoms with Crippen LogP contribution in [-0.4, -0.2) is 24.9 Å². The van der Waals surface area contributed by atoms with Crippen LogP contribution in [0, 0.1) is 0 Å². The Morgan fingerprint density at radius 1 is 1.39 bits per heavy atom. The second kappa shape index (κ2) is 6.76. The molecule has 1 saturated heterocycles. The first-order valence-corrected chi connectivity index (χ1v) is 6.73. The van der Waals surface area contributed by atoms with Crippen molar-refractivity contribution in [1.29, 1.82) is 0 Å². The third kappa shape index (κ3) is 3.72. The maximum Gasteiger partial charge on any atom is 0.118 e. The Balaban J connectivity index is 1.74. The lowest BCUT2D eigenvalue weighted by atomic mass is 10.0. The Bertz CT molecular complexity index is 341. The van der Waals surface area contributed by atoms with E-state index in [9.17, 15) is 5.11 Å². The predicted molar refractivity (Wildman–Crippen MR) is 70.8 cm³/mol. The van der Waals surface area contributed by atoms with Crippen molar-refractivity contribution in [3.63, 3.8) is 0 Å². The van der Waals surface area contributed by atoms with Crippen LogP contribution in [-0.2, 0) is 4.74 Å². The molecular weight excluding hydrogens is 228 g/mol. The van der Waals surface area contributed by atoms with Crippen LogP contribution >= 0.6 is 0 Å². The standard InChI is InChI=1S/C15H22O3/c1-17-13-9-7-12(8-10-13)15(16)6-2-4-14-5-3-11-18-14/h7-10,14-16H,2-6,11H2,1H3. The minimum atomic E-state index is -0.377. The Morgan fingerprint density at radius 2 is 2.17 bits per heavy atom. The Labute approximate surface area is 109 Å². The van der Waals surface area contributed by atoms with Crippen molar-refractivity contribution in [2.75, 3.05) is 13.7 Å². The van der Waals surface area contributed by atoms with Crippen LogP contribution in [0.25, 0.3) is 0 Å². The van der Waals surface area contributed by atoms with Crippen LogP contribution in [0.1, 0.15) is 43.8 Å². The fourth-order valence-corrected chi connectivity index (χ4v) is 2.40. The molecule has 1 fully saturated rings. The SMILES string of the molecule is COc1ccc(C(O)CCCC2CCCO2)cc1. The van der Waals surface area contributed by atoms with Crippen LogP contribution in [0.5, 0.6) is 5.75 Å². The van der Waals surface area contributed by atoms with Crippen molar-refractivity contribution in [1.82, 2.24) is 0 Å². The molecule has 1 aliphatic rings. The summed E-state index contributed by atoms with van der Waals surface area (Å²) >= 11 is 0. The summed E-state index contributed by atoms with van der Waals surface area (Å²) in [5, 5.41) is 10.1. The van der Waals surface area contributed by atoms with Gasteiger partial charge in [0.1, 0.15) is 5.75 Å². The highest BCUT2D eigenvalue weighted by atomic mass is 16.5. The largest absolute Gasteiger partial charge is 0.497 e. The summed E-state index contributed by atoms with van der Waals surface area (Å²) in [6, 6.07) is 7.63. The first-order chi connectivity index (χ1) is 8.79. The highest BCUT2D eigenvalue weighted by molar-refractivity contribution is 5.28. The van der Waals surface area contributed by atoms with Gasteiger partial charge in [-0.05, 0) is 49.8 Å². The molecule has 100 valence electrons. The maximum atomic E-state index is 10.1. The van der Waals surface area contributed by atoms with E-state index >= 15 is 0 Å². The average molecular weight is 250 g/mol. The molecule has 1 N–H and O–H groups in total. The molecule has 0 aliphatic carbocycles. The Kier molecular flexibility index (Phi) is 5.02. The lowest BCUT2D eigenvalue weighted by molar-refractivity contribution is 0.0944. The lowest BCUT2D eigenvalue weighted by Gasteiger charge is -2.13. The van der Waals surface area contributed by atoms with E-state index in [4.69, 9.17) is 9.47 Å². The summed E-state index contributed by atoms with van der Waals surface area (Å²) in [5.41, 5.74) is 0.961. The highest BCUT2D eigenvalue weighted by Crippen LogP contribution is 2.24. The smallest absolute Gasteiger partial charge is 0.118 e. The molecule has 2 atom stereocenters. The van der Waals surface area contributed by atoms with Crippen LogP contribution in [0.4, 0.5) is 0 Å². The third-order valence-corrected chi connectivity index (χ3v) is 3.53. The maximum absolute atomic E-state index is 10.1.